The molecular formula is C96H104N7OV-2. The molecule has 12 aromatic rings. The minimum atomic E-state index is -0.118. The van der Waals surface area contributed by atoms with Crippen LogP contribution in [-0.2, 0) is 64.0 Å². The zero-order chi connectivity index (χ0) is 76.1. The molecule has 0 unspecified atom stereocenters. The molecule has 0 radical (unpaired) electrons. The van der Waals surface area contributed by atoms with E-state index in [9.17, 15) is 0 Å². The fraction of sp³-hybridized carbons (Fsp3) is 0.333. The number of aromatic nitrogens is 7. The predicted molar refractivity (Wildman–Crippen MR) is 437 cm³/mol. The Kier molecular flexibility index (Phi) is 19.9. The Morgan fingerprint density at radius 2 is 0.362 bits per heavy atom. The van der Waals surface area contributed by atoms with E-state index in [0.717, 1.165) is 106 Å². The first-order chi connectivity index (χ1) is 49.1. The second-order valence-corrected chi connectivity index (χ2v) is 37.0. The Hall–Kier alpha value is -9.18. The Morgan fingerprint density at radius 3 is 0.571 bits per heavy atom. The van der Waals surface area contributed by atoms with Gasteiger partial charge < -0.3 is 29.9 Å². The molecule has 0 atom stereocenters. The number of benzene rings is 8. The molecule has 8 bridgehead atoms. The third-order valence-corrected chi connectivity index (χ3v) is 20.9. The summed E-state index contributed by atoms with van der Waals surface area (Å²) in [6, 6.07) is 72.3. The molecule has 1 aliphatic heterocycles. The van der Waals surface area contributed by atoms with Gasteiger partial charge in [0.05, 0.1) is 11.6 Å². The summed E-state index contributed by atoms with van der Waals surface area (Å²) in [4.78, 5) is 41.9. The van der Waals surface area contributed by atoms with Crippen LogP contribution in [0.4, 0.5) is 0 Å². The number of nitrogens with zero attached hydrogens (tertiary/aromatic N) is 7. The van der Waals surface area contributed by atoms with Crippen molar-refractivity contribution in [2.75, 3.05) is 0 Å². The van der Waals surface area contributed by atoms with Crippen molar-refractivity contribution in [3.63, 3.8) is 0 Å². The summed E-state index contributed by atoms with van der Waals surface area (Å²) in [5, 5.41) is 0. The summed E-state index contributed by atoms with van der Waals surface area (Å²) >= 11 is 1.06. The summed E-state index contributed by atoms with van der Waals surface area (Å²) in [6.07, 6.45) is 0. The minimum absolute atomic E-state index is 0.110. The molecule has 0 fully saturated rings. The van der Waals surface area contributed by atoms with E-state index < -0.39 is 0 Å². The maximum absolute atomic E-state index is 8.19. The topological polar surface area (TPSA) is 114 Å². The molecule has 1 aliphatic rings. The van der Waals surface area contributed by atoms with E-state index in [4.69, 9.17) is 38.4 Å². The van der Waals surface area contributed by atoms with Crippen molar-refractivity contribution in [2.24, 2.45) is 0 Å². The molecule has 8 nitrogen and oxygen atoms in total. The molecule has 0 amide bonds. The van der Waals surface area contributed by atoms with Crippen molar-refractivity contribution in [2.45, 2.75) is 209 Å². The predicted octanol–water partition coefficient (Wildman–Crippen LogP) is 24.9. The second-order valence-electron chi connectivity index (χ2n) is 37.0. The zero-order valence-corrected chi connectivity index (χ0v) is 67.9. The monoisotopic (exact) mass is 1420 g/mol. The molecule has 0 saturated heterocycles. The summed E-state index contributed by atoms with van der Waals surface area (Å²) in [5.41, 5.74) is 26.8. The van der Waals surface area contributed by atoms with E-state index in [1.807, 2.05) is 0 Å². The van der Waals surface area contributed by atoms with E-state index in [0.29, 0.717) is 45.3 Å². The number of hydrogen-bond acceptors (Lipinski definition) is 4. The fourth-order valence-corrected chi connectivity index (χ4v) is 14.2. The molecule has 8 aromatic carbocycles. The molecule has 0 N–H and O–H groups in total. The quantitative estimate of drug-likeness (QED) is 0.139. The van der Waals surface area contributed by atoms with Gasteiger partial charge in [-0.25, -0.2) is 4.98 Å². The number of rotatable bonds is 8. The molecule has 4 aromatic heterocycles. The van der Waals surface area contributed by atoms with E-state index in [1.165, 1.54) is 44.5 Å². The Labute approximate surface area is 633 Å². The third-order valence-electron chi connectivity index (χ3n) is 20.9. The average molecular weight is 1420 g/mol. The molecule has 105 heavy (non-hydrogen) atoms. The van der Waals surface area contributed by atoms with Crippen LogP contribution >= 0.6 is 0 Å². The van der Waals surface area contributed by atoms with E-state index in [-0.39, 0.29) is 43.3 Å². The van der Waals surface area contributed by atoms with Crippen LogP contribution in [0.5, 0.6) is 0 Å². The third kappa shape index (κ3) is 15.3. The van der Waals surface area contributed by atoms with Crippen molar-refractivity contribution in [3.8, 4) is 66.8 Å². The van der Waals surface area contributed by atoms with Gasteiger partial charge in [0.1, 0.15) is 0 Å². The van der Waals surface area contributed by atoms with E-state index in [2.05, 4.69) is 360 Å². The molecule has 536 valence electrons. The van der Waals surface area contributed by atoms with Gasteiger partial charge in [0, 0.05) is 22.4 Å². The standard InChI is InChI=1S/C96H104N7.O.V/c1-89(2,3)65-41-25-57(26-42-65)73-75(59-29-45-67(46-30-59)91(7,8)9)83-97-81(73)82-74(58-27-43-66(44-28-58)90(4,5)6)76(60-31-47-68(48-32-60)92(10,11)12)84(98-82)100-86-78(62-35-51-70(52-36-62)94(16,17)18)80(64-39-55-72(56-40-64)96(22,23)24)88(102-86)103-87-79(63-37-53-71(54-38-63)95(19,20)21)77(85(99-83)101-87)61-33-49-69(50-34-61)93(13,14)15;;/h25-56H,1-24H3;;/q-3;+1;. The molecular weight excluding hydrogens is 1320 g/mol. The first-order valence-corrected chi connectivity index (χ1v) is 37.7. The van der Waals surface area contributed by atoms with E-state index >= 15 is 0 Å². The van der Waals surface area contributed by atoms with Crippen LogP contribution in [0.2, 0.25) is 0 Å². The first kappa shape index (κ1) is 75.5. The van der Waals surface area contributed by atoms with Gasteiger partial charge in [0.25, 0.3) is 0 Å². The van der Waals surface area contributed by atoms with Gasteiger partial charge in [-0.2, -0.15) is 0 Å². The molecule has 5 heterocycles. The molecule has 0 saturated carbocycles. The maximum atomic E-state index is 8.19. The first-order valence-electron chi connectivity index (χ1n) is 37.1. The van der Waals surface area contributed by atoms with Gasteiger partial charge in [-0.15, -0.1) is 0 Å². The van der Waals surface area contributed by atoms with Gasteiger partial charge in [0.2, 0.25) is 0 Å². The van der Waals surface area contributed by atoms with Crippen LogP contribution in [-0.4, -0.2) is 19.9 Å². The van der Waals surface area contributed by atoms with Crippen LogP contribution in [0, 0.1) is 0 Å². The normalized spacial score (nSPS) is 13.2. The second kappa shape index (κ2) is 27.6. The fourth-order valence-electron chi connectivity index (χ4n) is 14.2. The zero-order valence-electron chi connectivity index (χ0n) is 66.5. The van der Waals surface area contributed by atoms with Crippen LogP contribution in [0.1, 0.15) is 233 Å². The average Bonchev–Trinajstić information content (AvgIpc) is 1.57. The van der Waals surface area contributed by atoms with Crippen LogP contribution in [0.25, 0.3) is 112 Å². The van der Waals surface area contributed by atoms with Crippen molar-refractivity contribution in [3.05, 3.63) is 261 Å². The summed E-state index contributed by atoms with van der Waals surface area (Å²) in [6.45, 7) is 54.4. The van der Waals surface area contributed by atoms with Crippen molar-refractivity contribution in [1.29, 1.82) is 0 Å². The van der Waals surface area contributed by atoms with Gasteiger partial charge >= 0.3 is 20.7 Å². The number of fused-ring (bicyclic) bond motifs is 9. The van der Waals surface area contributed by atoms with Crippen LogP contribution in [0.15, 0.2) is 194 Å². The summed E-state index contributed by atoms with van der Waals surface area (Å²) < 4.78 is 8.19. The van der Waals surface area contributed by atoms with Crippen molar-refractivity contribution in [1.82, 2.24) is 34.9 Å². The SMILES string of the molecule is CC(C)(C)c1ccc(C2=C(c3ccc(C(C)(C)C)cc3)c3nc2nc2[n-]c(nc4[n-]c(c(-c5ccc(C(C)(C)C)cc5)c4-c4ccc(C(C)(C)C)cc4)c4[n-]c(n3)c(-c3ccc(C(C)(C)C)cc3)c4-c3ccc(C(C)(C)C)cc3)c(-c3ccc(C(C)(C)C)cc3)c2-c2ccc(C(C)(C)C)cc2)cc1.[O+]#[V]. The van der Waals surface area contributed by atoms with Crippen molar-refractivity contribution < 1.29 is 20.7 Å². The molecule has 0 aliphatic carbocycles. The van der Waals surface area contributed by atoms with Crippen LogP contribution < -0.4 is 15.0 Å². The number of hydrogen-bond donors (Lipinski definition) is 0. The van der Waals surface area contributed by atoms with Gasteiger partial charge in [-0.3, -0.25) is 0 Å². The van der Waals surface area contributed by atoms with Gasteiger partial charge in [-0.1, -0.05) is 360 Å². The van der Waals surface area contributed by atoms with Gasteiger partial charge in [0.15, 0.2) is 0 Å². The molecule has 9 heteroatoms. The Morgan fingerprint density at radius 1 is 0.200 bits per heavy atom. The van der Waals surface area contributed by atoms with E-state index in [1.54, 1.807) is 0 Å². The van der Waals surface area contributed by atoms with Crippen LogP contribution in [0.3, 0.4) is 0 Å². The molecule has 13 rings (SSSR count). The summed E-state index contributed by atoms with van der Waals surface area (Å²) in [5.74, 6) is 0.963. The molecule has 0 spiro atoms. The summed E-state index contributed by atoms with van der Waals surface area (Å²) in [7, 11) is 0. The Balaban J connectivity index is 0.00000513. The van der Waals surface area contributed by atoms with Crippen molar-refractivity contribution >= 4 is 44.8 Å². The Bertz CT molecular complexity index is 5390. The van der Waals surface area contributed by atoms with Gasteiger partial charge in [-0.05, 0) is 188 Å².